The number of carbonyl (C=O) groups is 1. The number of nitrogens with zero attached hydrogens (tertiary/aromatic N) is 2. The molecule has 1 N–H and O–H groups in total. The van der Waals surface area contributed by atoms with Gasteiger partial charge < -0.3 is 9.84 Å². The summed E-state index contributed by atoms with van der Waals surface area (Å²) in [5.74, 6) is 0.658. The van der Waals surface area contributed by atoms with Gasteiger partial charge in [0, 0.05) is 42.0 Å². The topological polar surface area (TPSA) is 68.0 Å². The van der Waals surface area contributed by atoms with Gasteiger partial charge in [0.05, 0.1) is 0 Å². The Balaban J connectivity index is 0.00000225. The zero-order valence-electron chi connectivity index (χ0n) is 13.9. The first-order valence-electron chi connectivity index (χ1n) is 8.00. The van der Waals surface area contributed by atoms with Gasteiger partial charge in [-0.3, -0.25) is 9.78 Å². The number of nitrogens with one attached hydrogen (secondary N) is 1. The number of pyridine rings is 1. The number of hydrogen-bond acceptors (Lipinski definition) is 4. The van der Waals surface area contributed by atoms with Crippen LogP contribution >= 0.6 is 12.4 Å². The molecule has 6 heteroatoms. The fourth-order valence-corrected chi connectivity index (χ4v) is 2.39. The van der Waals surface area contributed by atoms with E-state index in [2.05, 4.69) is 22.4 Å². The molecule has 130 valence electrons. The molecular weight excluding hydrogens is 338 g/mol. The van der Waals surface area contributed by atoms with Crippen LogP contribution in [0.5, 0.6) is 0 Å². The van der Waals surface area contributed by atoms with E-state index in [0.717, 1.165) is 29.1 Å². The summed E-state index contributed by atoms with van der Waals surface area (Å²) in [6, 6.07) is 15.0. The Labute approximate surface area is 152 Å². The largest absolute Gasteiger partial charge is 0.361 e. The quantitative estimate of drug-likeness (QED) is 0.730. The van der Waals surface area contributed by atoms with Gasteiger partial charge in [-0.25, -0.2) is 0 Å². The zero-order valence-corrected chi connectivity index (χ0v) is 14.8. The van der Waals surface area contributed by atoms with Crippen molar-refractivity contribution in [2.24, 2.45) is 0 Å². The molecule has 0 aliphatic heterocycles. The van der Waals surface area contributed by atoms with Crippen LogP contribution in [0.25, 0.3) is 11.3 Å². The van der Waals surface area contributed by atoms with Crippen molar-refractivity contribution in [3.8, 4) is 11.3 Å². The van der Waals surface area contributed by atoms with Crippen LogP contribution in [-0.2, 0) is 12.8 Å². The van der Waals surface area contributed by atoms with Crippen LogP contribution in [0.1, 0.15) is 28.7 Å². The second kappa shape index (κ2) is 8.99. The maximum absolute atomic E-state index is 12.0. The molecule has 0 spiro atoms. The lowest BCUT2D eigenvalue weighted by Crippen LogP contribution is -2.25. The summed E-state index contributed by atoms with van der Waals surface area (Å²) >= 11 is 0. The van der Waals surface area contributed by atoms with Crippen molar-refractivity contribution in [1.82, 2.24) is 15.5 Å². The van der Waals surface area contributed by atoms with Crippen molar-refractivity contribution in [3.05, 3.63) is 71.7 Å². The summed E-state index contributed by atoms with van der Waals surface area (Å²) in [7, 11) is 0. The van der Waals surface area contributed by atoms with E-state index in [0.29, 0.717) is 18.5 Å². The van der Waals surface area contributed by atoms with Gasteiger partial charge in [0.2, 0.25) is 0 Å². The normalized spacial score (nSPS) is 10.1. The first-order valence-corrected chi connectivity index (χ1v) is 8.00. The van der Waals surface area contributed by atoms with Crippen molar-refractivity contribution in [2.45, 2.75) is 19.8 Å². The molecule has 0 saturated carbocycles. The van der Waals surface area contributed by atoms with E-state index in [-0.39, 0.29) is 18.3 Å². The predicted molar refractivity (Wildman–Crippen MR) is 98.8 cm³/mol. The van der Waals surface area contributed by atoms with Crippen LogP contribution in [0.2, 0.25) is 0 Å². The number of aryl methyl sites for hydroxylation is 1. The third kappa shape index (κ3) is 4.90. The predicted octanol–water partition coefficient (Wildman–Crippen LogP) is 3.69. The van der Waals surface area contributed by atoms with E-state index in [1.165, 1.54) is 0 Å². The molecule has 0 aliphatic rings. The molecule has 5 nitrogen and oxygen atoms in total. The van der Waals surface area contributed by atoms with Gasteiger partial charge in [0.25, 0.3) is 5.91 Å². The van der Waals surface area contributed by atoms with Crippen LogP contribution in [0.3, 0.4) is 0 Å². The first-order chi connectivity index (χ1) is 11.8. The van der Waals surface area contributed by atoms with E-state index in [1.807, 2.05) is 36.4 Å². The molecule has 0 bridgehead atoms. The molecule has 2 aromatic heterocycles. The Morgan fingerprint density at radius 2 is 1.96 bits per heavy atom. The highest BCUT2D eigenvalue weighted by atomic mass is 35.5. The summed E-state index contributed by atoms with van der Waals surface area (Å²) in [4.78, 5) is 16.2. The van der Waals surface area contributed by atoms with Gasteiger partial charge >= 0.3 is 0 Å². The Bertz CT molecular complexity index is 818. The maximum Gasteiger partial charge on any atom is 0.251 e. The number of hydrogen-bond donors (Lipinski definition) is 1. The van der Waals surface area contributed by atoms with E-state index < -0.39 is 0 Å². The second-order valence-corrected chi connectivity index (χ2v) is 5.44. The molecule has 0 unspecified atom stereocenters. The summed E-state index contributed by atoms with van der Waals surface area (Å²) in [6.07, 6.45) is 3.25. The lowest BCUT2D eigenvalue weighted by molar-refractivity contribution is 0.0953. The molecule has 1 aromatic carbocycles. The molecular formula is C19H20ClN3O2. The minimum absolute atomic E-state index is 0. The molecule has 25 heavy (non-hydrogen) atoms. The minimum Gasteiger partial charge on any atom is -0.361 e. The molecule has 0 atom stereocenters. The van der Waals surface area contributed by atoms with Crippen molar-refractivity contribution < 1.29 is 9.32 Å². The smallest absolute Gasteiger partial charge is 0.251 e. The highest BCUT2D eigenvalue weighted by Gasteiger charge is 2.09. The SMILES string of the molecule is CCc1cc(-c2cc(CCNC(=O)c3ccccc3)on2)ccn1.Cl. The van der Waals surface area contributed by atoms with Crippen LogP contribution in [-0.4, -0.2) is 22.6 Å². The molecule has 3 aromatic rings. The lowest BCUT2D eigenvalue weighted by atomic mass is 10.1. The minimum atomic E-state index is -0.0861. The maximum atomic E-state index is 12.0. The Morgan fingerprint density at radius 1 is 1.16 bits per heavy atom. The average Bonchev–Trinajstić information content (AvgIpc) is 3.11. The van der Waals surface area contributed by atoms with Gasteiger partial charge in [-0.15, -0.1) is 12.4 Å². The molecule has 1 amide bonds. The monoisotopic (exact) mass is 357 g/mol. The van der Waals surface area contributed by atoms with Crippen LogP contribution in [0.4, 0.5) is 0 Å². The molecule has 0 fully saturated rings. The third-order valence-electron chi connectivity index (χ3n) is 3.73. The average molecular weight is 358 g/mol. The number of halogens is 1. The van der Waals surface area contributed by atoms with Crippen molar-refractivity contribution in [2.75, 3.05) is 6.54 Å². The summed E-state index contributed by atoms with van der Waals surface area (Å²) in [6.45, 7) is 2.56. The van der Waals surface area contributed by atoms with E-state index in [1.54, 1.807) is 18.3 Å². The fourth-order valence-electron chi connectivity index (χ4n) is 2.39. The highest BCUT2D eigenvalue weighted by Crippen LogP contribution is 2.19. The number of aromatic nitrogens is 2. The molecule has 0 radical (unpaired) electrons. The van der Waals surface area contributed by atoms with E-state index >= 15 is 0 Å². The Kier molecular flexibility index (Phi) is 6.71. The Morgan fingerprint density at radius 3 is 2.72 bits per heavy atom. The summed E-state index contributed by atoms with van der Waals surface area (Å²) < 4.78 is 5.36. The van der Waals surface area contributed by atoms with Crippen molar-refractivity contribution in [3.63, 3.8) is 0 Å². The Hall–Kier alpha value is -2.66. The zero-order chi connectivity index (χ0) is 16.8. The number of amides is 1. The molecule has 2 heterocycles. The number of benzene rings is 1. The van der Waals surface area contributed by atoms with Gasteiger partial charge in [-0.2, -0.15) is 0 Å². The lowest BCUT2D eigenvalue weighted by Gasteiger charge is -2.03. The van der Waals surface area contributed by atoms with Gasteiger partial charge in [-0.1, -0.05) is 30.3 Å². The van der Waals surface area contributed by atoms with Crippen molar-refractivity contribution in [1.29, 1.82) is 0 Å². The van der Waals surface area contributed by atoms with Crippen LogP contribution < -0.4 is 5.32 Å². The summed E-state index contributed by atoms with van der Waals surface area (Å²) in [5.41, 5.74) is 3.45. The molecule has 3 rings (SSSR count). The third-order valence-corrected chi connectivity index (χ3v) is 3.73. The highest BCUT2D eigenvalue weighted by molar-refractivity contribution is 5.94. The van der Waals surface area contributed by atoms with E-state index in [4.69, 9.17) is 4.52 Å². The van der Waals surface area contributed by atoms with E-state index in [9.17, 15) is 4.79 Å². The standard InChI is InChI=1S/C19H19N3O2.ClH/c1-2-16-12-15(8-10-20-16)18-13-17(24-22-18)9-11-21-19(23)14-6-4-3-5-7-14;/h3-8,10,12-13H,2,9,11H2,1H3,(H,21,23);1H. The fraction of sp³-hybridized carbons (Fsp3) is 0.211. The van der Waals surface area contributed by atoms with Crippen LogP contribution in [0.15, 0.2) is 59.3 Å². The van der Waals surface area contributed by atoms with Crippen molar-refractivity contribution >= 4 is 18.3 Å². The van der Waals surface area contributed by atoms with Crippen LogP contribution in [0, 0.1) is 0 Å². The number of rotatable bonds is 6. The first kappa shape index (κ1) is 18.7. The second-order valence-electron chi connectivity index (χ2n) is 5.44. The summed E-state index contributed by atoms with van der Waals surface area (Å²) in [5, 5.41) is 6.98. The van der Waals surface area contributed by atoms with Gasteiger partial charge in [-0.05, 0) is 30.7 Å². The molecule has 0 aliphatic carbocycles. The number of carbonyl (C=O) groups excluding carboxylic acids is 1. The van der Waals surface area contributed by atoms with Gasteiger partial charge in [0.15, 0.2) is 0 Å². The molecule has 0 saturated heterocycles. The van der Waals surface area contributed by atoms with Gasteiger partial charge in [0.1, 0.15) is 11.5 Å².